The van der Waals surface area contributed by atoms with Crippen LogP contribution in [0.4, 0.5) is 5.69 Å². The number of hydrogen-bond acceptors (Lipinski definition) is 5. The predicted molar refractivity (Wildman–Crippen MR) is 60.4 cm³/mol. The standard InChI is InChI=1S/C10H13NO4S/c1-11-9-7(10(12)15-2)5-4-6-8(9)16(3,13)14/h4-6,11H,1-3H3. The minimum Gasteiger partial charge on any atom is -0.465 e. The normalized spacial score (nSPS) is 10.9. The van der Waals surface area contributed by atoms with Gasteiger partial charge < -0.3 is 10.1 Å². The van der Waals surface area contributed by atoms with E-state index in [4.69, 9.17) is 0 Å². The Kier molecular flexibility index (Phi) is 3.54. The molecule has 0 aliphatic carbocycles. The molecule has 0 amide bonds. The van der Waals surface area contributed by atoms with E-state index < -0.39 is 15.8 Å². The van der Waals surface area contributed by atoms with E-state index in [2.05, 4.69) is 10.1 Å². The van der Waals surface area contributed by atoms with Crippen molar-refractivity contribution in [2.24, 2.45) is 0 Å². The van der Waals surface area contributed by atoms with Crippen LogP contribution in [-0.2, 0) is 14.6 Å². The third-order valence-corrected chi connectivity index (χ3v) is 3.22. The van der Waals surface area contributed by atoms with E-state index in [1.54, 1.807) is 7.05 Å². The summed E-state index contributed by atoms with van der Waals surface area (Å²) in [6.45, 7) is 0. The fourth-order valence-corrected chi connectivity index (χ4v) is 2.29. The van der Waals surface area contributed by atoms with Gasteiger partial charge in [-0.1, -0.05) is 6.07 Å². The second-order valence-electron chi connectivity index (χ2n) is 3.19. The molecule has 0 fully saturated rings. The summed E-state index contributed by atoms with van der Waals surface area (Å²) in [6, 6.07) is 4.45. The third-order valence-electron chi connectivity index (χ3n) is 2.08. The van der Waals surface area contributed by atoms with E-state index in [0.29, 0.717) is 0 Å². The first-order valence-electron chi connectivity index (χ1n) is 4.51. The van der Waals surface area contributed by atoms with Crippen LogP contribution in [0.1, 0.15) is 10.4 Å². The second-order valence-corrected chi connectivity index (χ2v) is 5.18. The Morgan fingerprint density at radius 2 is 2.00 bits per heavy atom. The maximum absolute atomic E-state index is 11.5. The van der Waals surface area contributed by atoms with Crippen molar-refractivity contribution in [1.29, 1.82) is 0 Å². The average molecular weight is 243 g/mol. The topological polar surface area (TPSA) is 72.5 Å². The Labute approximate surface area is 94.3 Å². The summed E-state index contributed by atoms with van der Waals surface area (Å²) in [5.41, 5.74) is 0.463. The van der Waals surface area contributed by atoms with Gasteiger partial charge in [-0.25, -0.2) is 13.2 Å². The Balaban J connectivity index is 3.50. The highest BCUT2D eigenvalue weighted by molar-refractivity contribution is 7.90. The first-order valence-corrected chi connectivity index (χ1v) is 6.40. The van der Waals surface area contributed by atoms with Gasteiger partial charge in [-0.2, -0.15) is 0 Å². The lowest BCUT2D eigenvalue weighted by Crippen LogP contribution is -2.10. The summed E-state index contributed by atoms with van der Waals surface area (Å²) < 4.78 is 27.5. The van der Waals surface area contributed by atoms with Crippen LogP contribution in [0.2, 0.25) is 0 Å². The molecule has 6 heteroatoms. The van der Waals surface area contributed by atoms with Gasteiger partial charge in [0.2, 0.25) is 0 Å². The number of benzene rings is 1. The smallest absolute Gasteiger partial charge is 0.340 e. The highest BCUT2D eigenvalue weighted by Gasteiger charge is 2.19. The number of nitrogens with one attached hydrogen (secondary N) is 1. The first kappa shape index (κ1) is 12.5. The van der Waals surface area contributed by atoms with Crippen LogP contribution in [0.5, 0.6) is 0 Å². The van der Waals surface area contributed by atoms with Crippen molar-refractivity contribution in [3.8, 4) is 0 Å². The molecule has 1 aromatic carbocycles. The minimum atomic E-state index is -3.38. The molecule has 0 atom stereocenters. The molecule has 0 aromatic heterocycles. The number of rotatable bonds is 3. The van der Waals surface area contributed by atoms with Crippen molar-refractivity contribution < 1.29 is 17.9 Å². The lowest BCUT2D eigenvalue weighted by molar-refractivity contribution is 0.0601. The zero-order valence-electron chi connectivity index (χ0n) is 9.27. The predicted octanol–water partition coefficient (Wildman–Crippen LogP) is 0.918. The number of ether oxygens (including phenoxy) is 1. The molecule has 0 aliphatic rings. The summed E-state index contributed by atoms with van der Waals surface area (Å²) >= 11 is 0. The van der Waals surface area contributed by atoms with E-state index in [1.165, 1.54) is 25.3 Å². The molecule has 0 saturated heterocycles. The van der Waals surface area contributed by atoms with Gasteiger partial charge in [-0.05, 0) is 12.1 Å². The van der Waals surface area contributed by atoms with E-state index >= 15 is 0 Å². The summed E-state index contributed by atoms with van der Waals surface area (Å²) in [5.74, 6) is -0.574. The number of esters is 1. The van der Waals surface area contributed by atoms with Crippen LogP contribution < -0.4 is 5.32 Å². The van der Waals surface area contributed by atoms with E-state index in [1.807, 2.05) is 0 Å². The van der Waals surface area contributed by atoms with Gasteiger partial charge in [0, 0.05) is 13.3 Å². The zero-order chi connectivity index (χ0) is 12.3. The number of hydrogen-bond donors (Lipinski definition) is 1. The first-order chi connectivity index (χ1) is 7.41. The van der Waals surface area contributed by atoms with Crippen molar-refractivity contribution in [3.63, 3.8) is 0 Å². The molecule has 88 valence electrons. The molecule has 0 spiro atoms. The number of methoxy groups -OCH3 is 1. The van der Waals surface area contributed by atoms with Crippen LogP contribution in [-0.4, -0.2) is 34.8 Å². The summed E-state index contributed by atoms with van der Waals surface area (Å²) in [5, 5.41) is 2.71. The van der Waals surface area contributed by atoms with Gasteiger partial charge in [-0.3, -0.25) is 0 Å². The molecule has 1 aromatic rings. The number of anilines is 1. The quantitative estimate of drug-likeness (QED) is 0.799. The molecular weight excluding hydrogens is 230 g/mol. The summed E-state index contributed by atoms with van der Waals surface area (Å²) in [7, 11) is -0.583. The number of para-hydroxylation sites is 1. The molecule has 0 aliphatic heterocycles. The fourth-order valence-electron chi connectivity index (χ4n) is 1.38. The summed E-state index contributed by atoms with van der Waals surface area (Å²) in [6.07, 6.45) is 1.09. The van der Waals surface area contributed by atoms with Crippen molar-refractivity contribution in [2.75, 3.05) is 25.7 Å². The molecule has 0 heterocycles. The molecule has 1 rings (SSSR count). The minimum absolute atomic E-state index is 0.0814. The summed E-state index contributed by atoms with van der Waals surface area (Å²) in [4.78, 5) is 11.5. The van der Waals surface area contributed by atoms with Crippen molar-refractivity contribution in [1.82, 2.24) is 0 Å². The maximum atomic E-state index is 11.5. The number of carbonyl (C=O) groups is 1. The van der Waals surface area contributed by atoms with E-state index in [0.717, 1.165) is 6.26 Å². The van der Waals surface area contributed by atoms with E-state index in [-0.39, 0.29) is 16.1 Å². The highest BCUT2D eigenvalue weighted by atomic mass is 32.2. The van der Waals surface area contributed by atoms with Crippen LogP contribution >= 0.6 is 0 Å². The van der Waals surface area contributed by atoms with Gasteiger partial charge in [0.25, 0.3) is 0 Å². The molecule has 0 radical (unpaired) electrons. The molecule has 0 saturated carbocycles. The van der Waals surface area contributed by atoms with Crippen molar-refractivity contribution in [2.45, 2.75) is 4.90 Å². The Morgan fingerprint density at radius 1 is 1.38 bits per heavy atom. The van der Waals surface area contributed by atoms with Crippen LogP contribution in [0.25, 0.3) is 0 Å². The van der Waals surface area contributed by atoms with Gasteiger partial charge >= 0.3 is 5.97 Å². The molecule has 0 bridgehead atoms. The van der Waals surface area contributed by atoms with Gasteiger partial charge in [0.05, 0.1) is 23.3 Å². The maximum Gasteiger partial charge on any atom is 0.340 e. The van der Waals surface area contributed by atoms with Crippen molar-refractivity contribution in [3.05, 3.63) is 23.8 Å². The highest BCUT2D eigenvalue weighted by Crippen LogP contribution is 2.25. The second kappa shape index (κ2) is 4.52. The van der Waals surface area contributed by atoms with Crippen LogP contribution in [0.3, 0.4) is 0 Å². The molecule has 1 N–H and O–H groups in total. The van der Waals surface area contributed by atoms with Crippen LogP contribution in [0, 0.1) is 0 Å². The lowest BCUT2D eigenvalue weighted by Gasteiger charge is -2.11. The fraction of sp³-hybridized carbons (Fsp3) is 0.300. The SMILES string of the molecule is CNc1c(C(=O)OC)cccc1S(C)(=O)=O. The van der Waals surface area contributed by atoms with E-state index in [9.17, 15) is 13.2 Å². The molecule has 5 nitrogen and oxygen atoms in total. The van der Waals surface area contributed by atoms with Gasteiger partial charge in [0.1, 0.15) is 0 Å². The molecule has 16 heavy (non-hydrogen) atoms. The zero-order valence-corrected chi connectivity index (χ0v) is 10.1. The van der Waals surface area contributed by atoms with Crippen LogP contribution in [0.15, 0.2) is 23.1 Å². The molecular formula is C10H13NO4S. The Bertz CT molecular complexity index is 508. The largest absolute Gasteiger partial charge is 0.465 e. The van der Waals surface area contributed by atoms with Gasteiger partial charge in [0.15, 0.2) is 9.84 Å². The lowest BCUT2D eigenvalue weighted by atomic mass is 10.2. The third kappa shape index (κ3) is 2.33. The Morgan fingerprint density at radius 3 is 2.44 bits per heavy atom. The van der Waals surface area contributed by atoms with Gasteiger partial charge in [-0.15, -0.1) is 0 Å². The number of sulfone groups is 1. The molecule has 0 unspecified atom stereocenters. The Hall–Kier alpha value is -1.56. The monoisotopic (exact) mass is 243 g/mol. The van der Waals surface area contributed by atoms with Crippen molar-refractivity contribution >= 4 is 21.5 Å². The average Bonchev–Trinajstić information content (AvgIpc) is 2.25. The number of carbonyl (C=O) groups excluding carboxylic acids is 1.